The molecule has 1 aromatic heterocycles. The summed E-state index contributed by atoms with van der Waals surface area (Å²) in [6.45, 7) is 2.24. The molecule has 134 valence electrons. The average Bonchev–Trinajstić information content (AvgIpc) is 3.23. The Labute approximate surface area is 161 Å². The van der Waals surface area contributed by atoms with Crippen molar-refractivity contribution in [2.75, 3.05) is 5.32 Å². The fraction of sp³-hybridized carbons (Fsp3) is 0.0909. The Balaban J connectivity index is 1.58. The van der Waals surface area contributed by atoms with Gasteiger partial charge in [0.15, 0.2) is 0 Å². The highest BCUT2D eigenvalue weighted by Gasteiger charge is 2.25. The third kappa shape index (κ3) is 3.68. The van der Waals surface area contributed by atoms with Crippen molar-refractivity contribution in [3.63, 3.8) is 0 Å². The van der Waals surface area contributed by atoms with Crippen molar-refractivity contribution in [2.24, 2.45) is 0 Å². The van der Waals surface area contributed by atoms with Crippen LogP contribution in [0.3, 0.4) is 0 Å². The molecule has 4 nitrogen and oxygen atoms in total. The van der Waals surface area contributed by atoms with Gasteiger partial charge in [0.1, 0.15) is 6.61 Å². The van der Waals surface area contributed by atoms with E-state index >= 15 is 0 Å². The van der Waals surface area contributed by atoms with E-state index in [2.05, 4.69) is 5.32 Å². The monoisotopic (exact) mass is 375 g/mol. The Hall–Kier alpha value is -3.18. The van der Waals surface area contributed by atoms with Crippen molar-refractivity contribution in [3.8, 4) is 0 Å². The molecule has 5 heteroatoms. The number of hydrogen-bond donors (Lipinski definition) is 1. The van der Waals surface area contributed by atoms with Crippen molar-refractivity contribution in [1.82, 2.24) is 0 Å². The topological polar surface area (TPSA) is 55.4 Å². The van der Waals surface area contributed by atoms with Crippen LogP contribution in [0.1, 0.15) is 31.2 Å². The molecule has 3 aromatic rings. The van der Waals surface area contributed by atoms with Gasteiger partial charge >= 0.3 is 5.97 Å². The van der Waals surface area contributed by atoms with Gasteiger partial charge in [-0.05, 0) is 48.9 Å². The minimum Gasteiger partial charge on any atom is -0.457 e. The van der Waals surface area contributed by atoms with Crippen LogP contribution in [0.15, 0.2) is 60.7 Å². The first-order chi connectivity index (χ1) is 13.1. The van der Waals surface area contributed by atoms with E-state index in [0.29, 0.717) is 16.8 Å². The lowest BCUT2D eigenvalue weighted by atomic mass is 10.0. The Morgan fingerprint density at radius 2 is 1.93 bits per heavy atom. The molecule has 2 aromatic carbocycles. The van der Waals surface area contributed by atoms with E-state index in [-0.39, 0.29) is 12.5 Å². The maximum Gasteiger partial charge on any atom is 0.338 e. The molecule has 1 aliphatic rings. The molecule has 0 fully saturated rings. The second-order valence-corrected chi connectivity index (χ2v) is 7.60. The number of ether oxygens (including phenoxy) is 1. The summed E-state index contributed by atoms with van der Waals surface area (Å²) in [7, 11) is 0. The molecule has 1 aliphatic heterocycles. The summed E-state index contributed by atoms with van der Waals surface area (Å²) >= 11 is 1.62. The lowest BCUT2D eigenvalue weighted by Gasteiger charge is -2.06. The van der Waals surface area contributed by atoms with Crippen LogP contribution in [0.2, 0.25) is 0 Å². The largest absolute Gasteiger partial charge is 0.457 e. The maximum atomic E-state index is 12.4. The lowest BCUT2D eigenvalue weighted by Crippen LogP contribution is -2.05. The lowest BCUT2D eigenvalue weighted by molar-refractivity contribution is -0.110. The van der Waals surface area contributed by atoms with Crippen LogP contribution in [0, 0.1) is 6.92 Å². The van der Waals surface area contributed by atoms with Gasteiger partial charge in [0.05, 0.1) is 11.1 Å². The van der Waals surface area contributed by atoms with Gasteiger partial charge in [0, 0.05) is 21.0 Å². The molecule has 1 amide bonds. The van der Waals surface area contributed by atoms with E-state index < -0.39 is 5.97 Å². The Kier molecular flexibility index (Phi) is 4.60. The molecular weight excluding hydrogens is 358 g/mol. The Morgan fingerprint density at radius 3 is 2.67 bits per heavy atom. The summed E-state index contributed by atoms with van der Waals surface area (Å²) < 4.78 is 5.40. The van der Waals surface area contributed by atoms with Gasteiger partial charge in [-0.2, -0.15) is 0 Å². The van der Waals surface area contributed by atoms with E-state index in [0.717, 1.165) is 16.0 Å². The van der Waals surface area contributed by atoms with E-state index in [1.165, 1.54) is 4.88 Å². The highest BCUT2D eigenvalue weighted by Crippen LogP contribution is 2.35. The van der Waals surface area contributed by atoms with Crippen LogP contribution in [0.5, 0.6) is 0 Å². The van der Waals surface area contributed by atoms with Crippen molar-refractivity contribution in [3.05, 3.63) is 87.1 Å². The summed E-state index contributed by atoms with van der Waals surface area (Å²) in [5.41, 5.74) is 3.34. The Bertz CT molecular complexity index is 1050. The van der Waals surface area contributed by atoms with Gasteiger partial charge < -0.3 is 10.1 Å². The van der Waals surface area contributed by atoms with Crippen molar-refractivity contribution >= 4 is 40.5 Å². The molecule has 27 heavy (non-hydrogen) atoms. The number of rotatable bonds is 4. The van der Waals surface area contributed by atoms with E-state index in [4.69, 9.17) is 4.74 Å². The fourth-order valence-electron chi connectivity index (χ4n) is 2.94. The smallest absolute Gasteiger partial charge is 0.338 e. The first kappa shape index (κ1) is 17.2. The zero-order chi connectivity index (χ0) is 18.8. The van der Waals surface area contributed by atoms with Crippen molar-refractivity contribution in [1.29, 1.82) is 0 Å². The minimum atomic E-state index is -0.410. The van der Waals surface area contributed by atoms with E-state index in [1.54, 1.807) is 29.5 Å². The number of amides is 1. The van der Waals surface area contributed by atoms with Gasteiger partial charge in [0.25, 0.3) is 5.91 Å². The fourth-order valence-corrected chi connectivity index (χ4v) is 3.76. The predicted octanol–water partition coefficient (Wildman–Crippen LogP) is 4.91. The normalized spacial score (nSPS) is 14.1. The number of anilines is 1. The Morgan fingerprint density at radius 1 is 1.11 bits per heavy atom. The number of carbonyl (C=O) groups excluding carboxylic acids is 2. The van der Waals surface area contributed by atoms with Gasteiger partial charge in [-0.15, -0.1) is 11.3 Å². The number of fused-ring (bicyclic) bond motifs is 1. The highest BCUT2D eigenvalue weighted by molar-refractivity contribution is 7.12. The first-order valence-electron chi connectivity index (χ1n) is 8.55. The third-order valence-corrected chi connectivity index (χ3v) is 5.25. The quantitative estimate of drug-likeness (QED) is 0.521. The molecule has 0 aliphatic carbocycles. The molecule has 0 unspecified atom stereocenters. The number of nitrogens with one attached hydrogen (secondary N) is 1. The summed E-state index contributed by atoms with van der Waals surface area (Å²) in [4.78, 5) is 26.9. The van der Waals surface area contributed by atoms with Crippen molar-refractivity contribution in [2.45, 2.75) is 13.5 Å². The average molecular weight is 375 g/mol. The van der Waals surface area contributed by atoms with Crippen LogP contribution >= 0.6 is 11.3 Å². The molecule has 0 atom stereocenters. The van der Waals surface area contributed by atoms with Crippen molar-refractivity contribution < 1.29 is 14.3 Å². The summed E-state index contributed by atoms with van der Waals surface area (Å²) in [6, 6.07) is 18.7. The van der Waals surface area contributed by atoms with Gasteiger partial charge in [-0.3, -0.25) is 4.79 Å². The molecule has 0 radical (unpaired) electrons. The molecule has 1 N–H and O–H groups in total. The SMILES string of the molecule is Cc1ccc(C=C2C(=O)Nc3ccc(C(=O)OCc4ccccc4)cc32)s1. The second-order valence-electron chi connectivity index (χ2n) is 6.28. The standard InChI is InChI=1S/C22H17NO3S/c1-14-7-9-17(27-14)12-19-18-11-16(8-10-20(18)23-21(19)24)22(25)26-13-15-5-3-2-4-6-15/h2-12H,13H2,1H3,(H,23,24). The highest BCUT2D eigenvalue weighted by atomic mass is 32.1. The van der Waals surface area contributed by atoms with Crippen LogP contribution in [-0.4, -0.2) is 11.9 Å². The molecule has 0 bridgehead atoms. The number of carbonyl (C=O) groups is 2. The van der Waals surface area contributed by atoms with E-state index in [1.807, 2.05) is 55.5 Å². The number of thiophene rings is 1. The van der Waals surface area contributed by atoms with E-state index in [9.17, 15) is 9.59 Å². The number of aryl methyl sites for hydroxylation is 1. The zero-order valence-corrected chi connectivity index (χ0v) is 15.5. The molecule has 4 rings (SSSR count). The molecule has 2 heterocycles. The third-order valence-electron chi connectivity index (χ3n) is 4.30. The van der Waals surface area contributed by atoms with Crippen LogP contribution < -0.4 is 5.32 Å². The second kappa shape index (κ2) is 7.21. The zero-order valence-electron chi connectivity index (χ0n) is 14.7. The summed E-state index contributed by atoms with van der Waals surface area (Å²) in [5, 5.41) is 2.84. The molecule has 0 spiro atoms. The summed E-state index contributed by atoms with van der Waals surface area (Å²) in [6.07, 6.45) is 1.86. The molecular formula is C22H17NO3S. The number of esters is 1. The summed E-state index contributed by atoms with van der Waals surface area (Å²) in [5.74, 6) is -0.571. The van der Waals surface area contributed by atoms with Gasteiger partial charge in [0.2, 0.25) is 0 Å². The van der Waals surface area contributed by atoms with Gasteiger partial charge in [-0.25, -0.2) is 4.79 Å². The predicted molar refractivity (Wildman–Crippen MR) is 108 cm³/mol. The maximum absolute atomic E-state index is 12.4. The number of hydrogen-bond acceptors (Lipinski definition) is 4. The molecule has 0 saturated carbocycles. The minimum absolute atomic E-state index is 0.161. The van der Waals surface area contributed by atoms with Crippen LogP contribution in [0.4, 0.5) is 5.69 Å². The van der Waals surface area contributed by atoms with Gasteiger partial charge in [-0.1, -0.05) is 30.3 Å². The van der Waals surface area contributed by atoms with Crippen LogP contribution in [0.25, 0.3) is 11.6 Å². The first-order valence-corrected chi connectivity index (χ1v) is 9.37. The van der Waals surface area contributed by atoms with Crippen LogP contribution in [-0.2, 0) is 16.1 Å². The number of benzene rings is 2. The molecule has 0 saturated heterocycles.